The van der Waals surface area contributed by atoms with Crippen molar-refractivity contribution < 1.29 is 9.59 Å². The minimum absolute atomic E-state index is 0.0498. The Labute approximate surface area is 406 Å². The van der Waals surface area contributed by atoms with Gasteiger partial charge in [0.2, 0.25) is 11.9 Å². The molecule has 0 bridgehead atoms. The molecule has 0 radical (unpaired) electrons. The molecule has 2 aliphatic rings. The van der Waals surface area contributed by atoms with Crippen LogP contribution in [-0.2, 0) is 0 Å². The molecule has 16 heteroatoms. The number of carbonyl (C=O) groups excluding carboxylic acids is 2. The molecular weight excluding hydrogens is 865 g/mol. The molecule has 0 aliphatic carbocycles. The van der Waals surface area contributed by atoms with Crippen LogP contribution in [0.3, 0.4) is 0 Å². The first-order valence-electron chi connectivity index (χ1n) is 23.9. The Morgan fingerprint density at radius 2 is 1.06 bits per heavy atom. The van der Waals surface area contributed by atoms with Gasteiger partial charge in [-0.2, -0.15) is 9.97 Å². The summed E-state index contributed by atoms with van der Waals surface area (Å²) in [6.45, 7) is 20.7. The van der Waals surface area contributed by atoms with Crippen molar-refractivity contribution in [1.29, 1.82) is 0 Å². The van der Waals surface area contributed by atoms with Gasteiger partial charge in [0.1, 0.15) is 11.6 Å². The third-order valence-electron chi connectivity index (χ3n) is 12.5. The van der Waals surface area contributed by atoms with E-state index < -0.39 is 5.54 Å². The van der Waals surface area contributed by atoms with Crippen LogP contribution in [0.25, 0.3) is 0 Å². The van der Waals surface area contributed by atoms with Crippen molar-refractivity contribution in [2.24, 2.45) is 0 Å². The molecule has 2 aromatic heterocycles. The first-order valence-corrected chi connectivity index (χ1v) is 23.9. The average Bonchev–Trinajstić information content (AvgIpc) is 3.34. The largest absolute Gasteiger partial charge is 0.369 e. The molecule has 0 saturated carbocycles. The van der Waals surface area contributed by atoms with E-state index in [-0.39, 0.29) is 17.9 Å². The Bertz CT molecular complexity index is 2690. The van der Waals surface area contributed by atoms with Gasteiger partial charge in [0, 0.05) is 139 Å². The smallest absolute Gasteiger partial charge is 0.251 e. The van der Waals surface area contributed by atoms with Gasteiger partial charge in [-0.15, -0.1) is 0 Å². The zero-order valence-electron chi connectivity index (χ0n) is 40.9. The molecule has 0 atom stereocenters. The fourth-order valence-electron chi connectivity index (χ4n) is 8.30. The fraction of sp³-hybridized carbons (Fsp3) is 0.358. The van der Waals surface area contributed by atoms with Crippen molar-refractivity contribution in [3.8, 4) is 0 Å². The molecule has 2 aliphatic heterocycles. The maximum Gasteiger partial charge on any atom is 0.251 e. The number of likely N-dealkylation sites (N-methyl/N-ethyl adjacent to an activating group) is 1. The Morgan fingerprint density at radius 1 is 0.594 bits per heavy atom. The molecule has 69 heavy (non-hydrogen) atoms. The normalized spacial score (nSPS) is 14.6. The predicted molar refractivity (Wildman–Crippen MR) is 280 cm³/mol. The second-order valence-electron chi connectivity index (χ2n) is 19.0. The van der Waals surface area contributed by atoms with Crippen molar-refractivity contribution in [2.75, 3.05) is 97.0 Å². The van der Waals surface area contributed by atoms with Gasteiger partial charge in [0.05, 0.1) is 0 Å². The number of aromatic nitrogens is 4. The lowest BCUT2D eigenvalue weighted by Gasteiger charge is -2.37. The third kappa shape index (κ3) is 13.2. The summed E-state index contributed by atoms with van der Waals surface area (Å²) in [6, 6.07) is 31.7. The lowest BCUT2D eigenvalue weighted by atomic mass is 9.99. The van der Waals surface area contributed by atoms with Gasteiger partial charge in [-0.3, -0.25) is 14.5 Å². The molecule has 6 aromatic rings. The quantitative estimate of drug-likeness (QED) is 0.0515. The third-order valence-corrected chi connectivity index (χ3v) is 12.5. The number of benzene rings is 4. The van der Waals surface area contributed by atoms with Crippen molar-refractivity contribution in [2.45, 2.75) is 59.5 Å². The number of hydrogen-bond acceptors (Lipinski definition) is 14. The summed E-state index contributed by atoms with van der Waals surface area (Å²) < 4.78 is 0. The topological polar surface area (TPSA) is 171 Å². The number of hydrogen-bond donors (Lipinski definition) is 6. The van der Waals surface area contributed by atoms with Crippen LogP contribution in [0.4, 0.5) is 57.7 Å². The van der Waals surface area contributed by atoms with Gasteiger partial charge < -0.3 is 46.6 Å². The molecule has 6 N–H and O–H groups in total. The van der Waals surface area contributed by atoms with E-state index in [0.717, 1.165) is 105 Å². The van der Waals surface area contributed by atoms with E-state index in [4.69, 9.17) is 9.97 Å². The lowest BCUT2D eigenvalue weighted by Crippen LogP contribution is -2.50. The summed E-state index contributed by atoms with van der Waals surface area (Å²) >= 11 is 0. The van der Waals surface area contributed by atoms with E-state index >= 15 is 0 Å². The minimum atomic E-state index is -0.415. The second-order valence-corrected chi connectivity index (χ2v) is 19.0. The number of nitrogens with one attached hydrogen (secondary N) is 6. The molecule has 360 valence electrons. The van der Waals surface area contributed by atoms with E-state index in [1.165, 1.54) is 5.69 Å². The summed E-state index contributed by atoms with van der Waals surface area (Å²) in [5, 5.41) is 19.7. The Morgan fingerprint density at radius 3 is 1.54 bits per heavy atom. The maximum atomic E-state index is 13.6. The molecule has 4 heterocycles. The average molecular weight is 931 g/mol. The highest BCUT2D eigenvalue weighted by atomic mass is 16.2. The first kappa shape index (κ1) is 48.2. The van der Waals surface area contributed by atoms with Gasteiger partial charge in [-0.1, -0.05) is 12.1 Å². The number of nitrogens with zero attached hydrogens (tertiary/aromatic N) is 8. The maximum absolute atomic E-state index is 13.6. The number of aryl methyl sites for hydroxylation is 2. The molecule has 2 amide bonds. The van der Waals surface area contributed by atoms with Crippen LogP contribution in [0.5, 0.6) is 0 Å². The zero-order valence-corrected chi connectivity index (χ0v) is 40.9. The van der Waals surface area contributed by atoms with Crippen molar-refractivity contribution >= 4 is 69.5 Å². The van der Waals surface area contributed by atoms with Gasteiger partial charge >= 0.3 is 0 Å². The predicted octanol–water partition coefficient (Wildman–Crippen LogP) is 8.47. The molecule has 16 nitrogen and oxygen atoms in total. The molecule has 8 rings (SSSR count). The van der Waals surface area contributed by atoms with Crippen molar-refractivity contribution in [3.05, 3.63) is 132 Å². The van der Waals surface area contributed by atoms with E-state index in [0.29, 0.717) is 34.7 Å². The SMILES string of the molecule is Cc1cnc(Nc2ccc(N3CCN(CCC(C)(C)NC(=O)c4cccc(Nc5nc(Nc6ccc(N7CCN(C)CC7)cc6)ncc5C)c4)CC3)cc2)nc1Nc1cccc(C(=O)NC(C)C)c1. The van der Waals surface area contributed by atoms with Crippen molar-refractivity contribution in [3.63, 3.8) is 0 Å². The van der Waals surface area contributed by atoms with Gasteiger partial charge in [0.15, 0.2) is 0 Å². The Balaban J connectivity index is 0.781. The highest BCUT2D eigenvalue weighted by molar-refractivity contribution is 5.96. The van der Waals surface area contributed by atoms with E-state index in [9.17, 15) is 9.59 Å². The van der Waals surface area contributed by atoms with Crippen LogP contribution in [-0.4, -0.2) is 119 Å². The molecule has 2 fully saturated rings. The van der Waals surface area contributed by atoms with Crippen LogP contribution in [0.1, 0.15) is 66.0 Å². The number of amides is 2. The second kappa shape index (κ2) is 21.8. The van der Waals surface area contributed by atoms with Crippen LogP contribution in [0, 0.1) is 13.8 Å². The molecule has 2 saturated heterocycles. The Kier molecular flexibility index (Phi) is 15.2. The molecular formula is C53H66N14O2. The van der Waals surface area contributed by atoms with E-state index in [1.54, 1.807) is 18.5 Å². The van der Waals surface area contributed by atoms with E-state index in [2.05, 4.69) is 119 Å². The number of carbonyl (C=O) groups is 2. The Hall–Kier alpha value is -7.30. The van der Waals surface area contributed by atoms with Crippen LogP contribution < -0.4 is 41.7 Å². The summed E-state index contributed by atoms with van der Waals surface area (Å²) in [4.78, 5) is 54.4. The number of piperazine rings is 2. The van der Waals surface area contributed by atoms with Gasteiger partial charge in [0.25, 0.3) is 11.8 Å². The van der Waals surface area contributed by atoms with Gasteiger partial charge in [-0.05, 0) is 140 Å². The summed E-state index contributed by atoms with van der Waals surface area (Å²) in [7, 11) is 2.16. The summed E-state index contributed by atoms with van der Waals surface area (Å²) in [5.74, 6) is 2.05. The highest BCUT2D eigenvalue weighted by Gasteiger charge is 2.25. The van der Waals surface area contributed by atoms with Crippen LogP contribution in [0.2, 0.25) is 0 Å². The minimum Gasteiger partial charge on any atom is -0.369 e. The van der Waals surface area contributed by atoms with Crippen molar-refractivity contribution in [1.82, 2.24) is 40.4 Å². The highest BCUT2D eigenvalue weighted by Crippen LogP contribution is 2.27. The standard InChI is InChI=1S/C53H66N14O2/c1-36(2)56-49(68)39-10-8-12-43(32-39)57-47-37(3)34-54-51(61-47)60-42-16-20-46(21-17-42)67-30-26-65(27-31-67)23-22-53(5,6)63-50(69)40-11-9-13-44(33-40)58-48-38(4)35-55-52(62-48)59-41-14-18-45(19-15-41)66-28-24-64(7)25-29-66/h8-21,32-36H,22-31H2,1-7H3,(H,56,68)(H,63,69)(H2,54,57,60,61)(H2,55,58,59,62). The lowest BCUT2D eigenvalue weighted by molar-refractivity contribution is 0.0900. The zero-order chi connectivity index (χ0) is 48.5. The molecule has 4 aromatic carbocycles. The van der Waals surface area contributed by atoms with Crippen LogP contribution >= 0.6 is 0 Å². The fourth-order valence-corrected chi connectivity index (χ4v) is 8.30. The number of anilines is 10. The van der Waals surface area contributed by atoms with Gasteiger partial charge in [-0.25, -0.2) is 9.97 Å². The monoisotopic (exact) mass is 931 g/mol. The first-order chi connectivity index (χ1) is 33.2. The van der Waals surface area contributed by atoms with Crippen LogP contribution in [0.15, 0.2) is 109 Å². The number of rotatable bonds is 17. The molecule has 0 spiro atoms. The summed E-state index contributed by atoms with van der Waals surface area (Å²) in [5.41, 5.74) is 8.22. The molecule has 0 unspecified atom stereocenters. The summed E-state index contributed by atoms with van der Waals surface area (Å²) in [6.07, 6.45) is 4.38. The van der Waals surface area contributed by atoms with E-state index in [1.807, 2.05) is 82.3 Å².